The van der Waals surface area contributed by atoms with Crippen molar-refractivity contribution in [3.63, 3.8) is 0 Å². The maximum Gasteiger partial charge on any atom is 0.416 e. The minimum absolute atomic E-state index is 0.245. The number of carbonyl (C=O) groups is 1. The molecule has 92 valence electrons. The fourth-order valence-electron chi connectivity index (χ4n) is 1.63. The summed E-state index contributed by atoms with van der Waals surface area (Å²) in [5, 5.41) is 2.18. The minimum Gasteiger partial charge on any atom is -0.447 e. The average molecular weight is 249 g/mol. The Morgan fingerprint density at radius 1 is 1.35 bits per heavy atom. The average Bonchev–Trinajstić information content (AvgIpc) is 2.62. The molecule has 1 N–H and O–H groups in total. The van der Waals surface area contributed by atoms with Crippen molar-refractivity contribution in [1.82, 2.24) is 5.32 Å². The zero-order valence-corrected chi connectivity index (χ0v) is 8.34. The molecular weight excluding hydrogens is 242 g/mol. The lowest BCUT2D eigenvalue weighted by molar-refractivity contribution is -0.138. The van der Waals surface area contributed by atoms with Gasteiger partial charge in [-0.2, -0.15) is 13.2 Å². The second kappa shape index (κ2) is 3.90. The number of halogens is 4. The van der Waals surface area contributed by atoms with Gasteiger partial charge in [-0.25, -0.2) is 9.18 Å². The first-order valence-corrected chi connectivity index (χ1v) is 4.68. The third-order valence-corrected chi connectivity index (χ3v) is 2.37. The van der Waals surface area contributed by atoms with E-state index >= 15 is 0 Å². The molecular formula is C10H7F4NO2. The van der Waals surface area contributed by atoms with E-state index in [1.54, 1.807) is 0 Å². The van der Waals surface area contributed by atoms with E-state index in [1.807, 2.05) is 0 Å². The Bertz CT molecular complexity index is 458. The number of alkyl halides is 3. The van der Waals surface area contributed by atoms with E-state index in [0.717, 1.165) is 12.1 Å². The van der Waals surface area contributed by atoms with Crippen molar-refractivity contribution in [1.29, 1.82) is 0 Å². The summed E-state index contributed by atoms with van der Waals surface area (Å²) in [5.74, 6) is -0.797. The molecule has 3 nitrogen and oxygen atoms in total. The predicted octanol–water partition coefficient (Wildman–Crippen LogP) is 2.63. The summed E-state index contributed by atoms with van der Waals surface area (Å²) in [7, 11) is 0. The number of benzene rings is 1. The van der Waals surface area contributed by atoms with Crippen LogP contribution in [-0.2, 0) is 10.9 Å². The van der Waals surface area contributed by atoms with Crippen LogP contribution in [0.5, 0.6) is 0 Å². The fraction of sp³-hybridized carbons (Fsp3) is 0.300. The lowest BCUT2D eigenvalue weighted by Gasteiger charge is -2.16. The first-order valence-electron chi connectivity index (χ1n) is 4.68. The largest absolute Gasteiger partial charge is 0.447 e. The Hall–Kier alpha value is -1.79. The van der Waals surface area contributed by atoms with Crippen LogP contribution in [0.15, 0.2) is 18.2 Å². The smallest absolute Gasteiger partial charge is 0.416 e. The second-order valence-corrected chi connectivity index (χ2v) is 3.52. The normalized spacial score (nSPS) is 20.0. The highest BCUT2D eigenvalue weighted by atomic mass is 19.4. The lowest BCUT2D eigenvalue weighted by Crippen LogP contribution is -2.22. The molecule has 1 saturated heterocycles. The van der Waals surface area contributed by atoms with Crippen molar-refractivity contribution in [3.8, 4) is 0 Å². The van der Waals surface area contributed by atoms with Gasteiger partial charge in [0.25, 0.3) is 0 Å². The molecule has 1 fully saturated rings. The Kier molecular flexibility index (Phi) is 2.68. The molecule has 17 heavy (non-hydrogen) atoms. The van der Waals surface area contributed by atoms with Crippen molar-refractivity contribution in [3.05, 3.63) is 35.1 Å². The van der Waals surface area contributed by atoms with Crippen LogP contribution in [0.3, 0.4) is 0 Å². The Labute approximate surface area is 93.4 Å². The molecule has 7 heteroatoms. The van der Waals surface area contributed by atoms with E-state index in [4.69, 9.17) is 0 Å². The number of alkyl carbamates (subject to hydrolysis) is 1. The van der Waals surface area contributed by atoms with Crippen LogP contribution >= 0.6 is 0 Å². The fourth-order valence-corrected chi connectivity index (χ4v) is 1.63. The van der Waals surface area contributed by atoms with E-state index < -0.39 is 29.7 Å². The molecule has 0 aromatic heterocycles. The Balaban J connectivity index is 2.44. The molecule has 1 aromatic rings. The number of hydrogen-bond donors (Lipinski definition) is 1. The van der Waals surface area contributed by atoms with Crippen molar-refractivity contribution >= 4 is 6.09 Å². The van der Waals surface area contributed by atoms with Crippen LogP contribution in [0, 0.1) is 5.82 Å². The van der Waals surface area contributed by atoms with E-state index in [-0.39, 0.29) is 12.2 Å². The molecule has 0 saturated carbocycles. The van der Waals surface area contributed by atoms with Crippen molar-refractivity contribution < 1.29 is 27.1 Å². The van der Waals surface area contributed by atoms with E-state index in [0.29, 0.717) is 6.07 Å². The molecule has 0 bridgehead atoms. The Morgan fingerprint density at radius 3 is 2.59 bits per heavy atom. The maximum absolute atomic E-state index is 13.0. The van der Waals surface area contributed by atoms with E-state index in [1.165, 1.54) is 0 Å². The lowest BCUT2D eigenvalue weighted by atomic mass is 10.0. The highest BCUT2D eigenvalue weighted by Crippen LogP contribution is 2.35. The van der Waals surface area contributed by atoms with Gasteiger partial charge in [0.2, 0.25) is 0 Å². The summed E-state index contributed by atoms with van der Waals surface area (Å²) in [6.07, 6.45) is -5.41. The number of rotatable bonds is 1. The van der Waals surface area contributed by atoms with E-state index in [9.17, 15) is 22.4 Å². The molecule has 1 atom stereocenters. The zero-order valence-electron chi connectivity index (χ0n) is 8.34. The molecule has 1 heterocycles. The summed E-state index contributed by atoms with van der Waals surface area (Å²) in [6, 6.07) is 1.15. The van der Waals surface area contributed by atoms with Gasteiger partial charge in [0.15, 0.2) is 0 Å². The summed E-state index contributed by atoms with van der Waals surface area (Å²) in [6.45, 7) is -0.245. The molecule has 2 rings (SSSR count). The van der Waals surface area contributed by atoms with Crippen molar-refractivity contribution in [2.45, 2.75) is 12.2 Å². The van der Waals surface area contributed by atoms with Crippen molar-refractivity contribution in [2.75, 3.05) is 6.61 Å². The van der Waals surface area contributed by atoms with E-state index in [2.05, 4.69) is 10.1 Å². The SMILES string of the molecule is O=C1N[C@@H](c2cc(F)ccc2C(F)(F)F)CO1. The summed E-state index contributed by atoms with van der Waals surface area (Å²) in [4.78, 5) is 10.8. The van der Waals surface area contributed by atoms with Gasteiger partial charge in [-0.1, -0.05) is 0 Å². The monoisotopic (exact) mass is 249 g/mol. The molecule has 1 aromatic carbocycles. The van der Waals surface area contributed by atoms with Crippen LogP contribution in [0.1, 0.15) is 17.2 Å². The highest BCUT2D eigenvalue weighted by Gasteiger charge is 2.37. The topological polar surface area (TPSA) is 38.3 Å². The first kappa shape index (κ1) is 11.7. The van der Waals surface area contributed by atoms with Gasteiger partial charge in [0, 0.05) is 0 Å². The predicted molar refractivity (Wildman–Crippen MR) is 48.6 cm³/mol. The zero-order chi connectivity index (χ0) is 12.6. The summed E-state index contributed by atoms with van der Waals surface area (Å²) in [5.41, 5.74) is -1.31. The maximum atomic E-state index is 13.0. The van der Waals surface area contributed by atoms with Crippen molar-refractivity contribution in [2.24, 2.45) is 0 Å². The standard InChI is InChI=1S/C10H7F4NO2/c11-5-1-2-7(10(12,13)14)6(3-5)8-4-17-9(16)15-8/h1-3,8H,4H2,(H,15,16)/t8-/m1/s1. The number of amides is 1. The van der Waals surface area contributed by atoms with Crippen LogP contribution in [0.2, 0.25) is 0 Å². The third-order valence-electron chi connectivity index (χ3n) is 2.37. The molecule has 0 unspecified atom stereocenters. The number of cyclic esters (lactones) is 1. The van der Waals surface area contributed by atoms with Crippen LogP contribution in [0.25, 0.3) is 0 Å². The molecule has 1 aliphatic rings. The quantitative estimate of drug-likeness (QED) is 0.777. The highest BCUT2D eigenvalue weighted by molar-refractivity contribution is 5.70. The molecule has 1 aliphatic heterocycles. The van der Waals surface area contributed by atoms with Gasteiger partial charge in [-0.05, 0) is 23.8 Å². The number of ether oxygens (including phenoxy) is 1. The number of carbonyl (C=O) groups excluding carboxylic acids is 1. The first-order chi connectivity index (χ1) is 7.88. The molecule has 1 amide bonds. The summed E-state index contributed by atoms with van der Waals surface area (Å²) >= 11 is 0. The van der Waals surface area contributed by atoms with Gasteiger partial charge in [0.1, 0.15) is 12.4 Å². The Morgan fingerprint density at radius 2 is 2.06 bits per heavy atom. The van der Waals surface area contributed by atoms with Crippen LogP contribution in [-0.4, -0.2) is 12.7 Å². The summed E-state index contributed by atoms with van der Waals surface area (Å²) < 4.78 is 55.4. The van der Waals surface area contributed by atoms with Gasteiger partial charge >= 0.3 is 12.3 Å². The third kappa shape index (κ3) is 2.32. The molecule has 0 spiro atoms. The van der Waals surface area contributed by atoms with Crippen LogP contribution in [0.4, 0.5) is 22.4 Å². The van der Waals surface area contributed by atoms with Gasteiger partial charge in [-0.15, -0.1) is 0 Å². The number of nitrogens with one attached hydrogen (secondary N) is 1. The molecule has 0 aliphatic carbocycles. The minimum atomic E-state index is -4.60. The second-order valence-electron chi connectivity index (χ2n) is 3.52. The van der Waals surface area contributed by atoms with Crippen LogP contribution < -0.4 is 5.32 Å². The number of hydrogen-bond acceptors (Lipinski definition) is 2. The van der Waals surface area contributed by atoms with Gasteiger partial charge < -0.3 is 10.1 Å². The van der Waals surface area contributed by atoms with Gasteiger partial charge in [0.05, 0.1) is 11.6 Å². The molecule has 0 radical (unpaired) electrons. The van der Waals surface area contributed by atoms with Gasteiger partial charge in [-0.3, -0.25) is 0 Å².